The molecule has 0 atom stereocenters. The van der Waals surface area contributed by atoms with E-state index in [9.17, 15) is 0 Å². The summed E-state index contributed by atoms with van der Waals surface area (Å²) in [5.74, 6) is 0. The fraction of sp³-hybridized carbons (Fsp3) is 0.909. The molecule has 13 heavy (non-hydrogen) atoms. The molecule has 0 bridgehead atoms. The Morgan fingerprint density at radius 1 is 0.769 bits per heavy atom. The molecule has 0 unspecified atom stereocenters. The molecule has 0 aliphatic rings. The fourth-order valence-corrected chi connectivity index (χ4v) is 1.41. The van der Waals surface area contributed by atoms with E-state index in [1.165, 1.54) is 44.9 Å². The largest absolute Gasteiger partial charge is 0.330 e. The van der Waals surface area contributed by atoms with Gasteiger partial charge in [0.1, 0.15) is 0 Å². The normalized spacial score (nSPS) is 9.85. The molecule has 0 saturated carbocycles. The maximum Gasteiger partial charge on any atom is 0.0621 e. The van der Waals surface area contributed by atoms with E-state index in [-0.39, 0.29) is 0 Å². The van der Waals surface area contributed by atoms with Crippen LogP contribution in [0.25, 0.3) is 0 Å². The highest BCUT2D eigenvalue weighted by Crippen LogP contribution is 2.08. The van der Waals surface area contributed by atoms with Crippen LogP contribution in [0.1, 0.15) is 57.8 Å². The summed E-state index contributed by atoms with van der Waals surface area (Å²) in [5.41, 5.74) is 5.39. The van der Waals surface area contributed by atoms with Crippen molar-refractivity contribution in [1.29, 1.82) is 5.26 Å². The van der Waals surface area contributed by atoms with Gasteiger partial charge >= 0.3 is 0 Å². The summed E-state index contributed by atoms with van der Waals surface area (Å²) in [6.45, 7) is 0.835. The third-order valence-electron chi connectivity index (χ3n) is 2.24. The van der Waals surface area contributed by atoms with Gasteiger partial charge < -0.3 is 5.73 Å². The Labute approximate surface area is 82.1 Å². The summed E-state index contributed by atoms with van der Waals surface area (Å²) in [6, 6.07) is 2.17. The number of nitrogens with zero attached hydrogens (tertiary/aromatic N) is 1. The van der Waals surface area contributed by atoms with Crippen molar-refractivity contribution in [2.45, 2.75) is 57.8 Å². The smallest absolute Gasteiger partial charge is 0.0621 e. The van der Waals surface area contributed by atoms with Crippen LogP contribution in [0.15, 0.2) is 0 Å². The van der Waals surface area contributed by atoms with Gasteiger partial charge in [-0.25, -0.2) is 0 Å². The summed E-state index contributed by atoms with van der Waals surface area (Å²) < 4.78 is 0. The van der Waals surface area contributed by atoms with Crippen LogP contribution in [0.5, 0.6) is 0 Å². The van der Waals surface area contributed by atoms with E-state index >= 15 is 0 Å². The zero-order chi connectivity index (χ0) is 9.78. The van der Waals surface area contributed by atoms with E-state index in [0.29, 0.717) is 0 Å². The molecule has 2 nitrogen and oxygen atoms in total. The molecule has 2 heteroatoms. The van der Waals surface area contributed by atoms with Gasteiger partial charge in [-0.2, -0.15) is 5.26 Å². The van der Waals surface area contributed by atoms with Gasteiger partial charge in [0.05, 0.1) is 6.07 Å². The van der Waals surface area contributed by atoms with Gasteiger partial charge in [0.15, 0.2) is 0 Å². The highest BCUT2D eigenvalue weighted by Gasteiger charge is 1.91. The van der Waals surface area contributed by atoms with E-state index in [1.807, 2.05) is 0 Å². The second-order valence-electron chi connectivity index (χ2n) is 3.53. The van der Waals surface area contributed by atoms with E-state index in [2.05, 4.69) is 6.07 Å². The molecule has 0 amide bonds. The number of hydrogen-bond acceptors (Lipinski definition) is 2. The lowest BCUT2D eigenvalue weighted by Gasteiger charge is -1.99. The van der Waals surface area contributed by atoms with Crippen LogP contribution >= 0.6 is 0 Å². The average molecular weight is 182 g/mol. The van der Waals surface area contributed by atoms with Gasteiger partial charge in [-0.05, 0) is 19.4 Å². The van der Waals surface area contributed by atoms with E-state index < -0.39 is 0 Å². The van der Waals surface area contributed by atoms with Crippen LogP contribution in [-0.2, 0) is 0 Å². The zero-order valence-electron chi connectivity index (χ0n) is 8.60. The van der Waals surface area contributed by atoms with Crippen molar-refractivity contribution in [3.05, 3.63) is 0 Å². The standard InChI is InChI=1S/C11H22N2/c12-10-8-6-4-2-1-3-5-7-9-11-13/h1-10,12H2. The average Bonchev–Trinajstić information content (AvgIpc) is 2.16. The molecule has 0 saturated heterocycles. The lowest BCUT2D eigenvalue weighted by molar-refractivity contribution is 0.572. The minimum absolute atomic E-state index is 0.729. The van der Waals surface area contributed by atoms with Crippen LogP contribution < -0.4 is 5.73 Å². The number of hydrogen-bond donors (Lipinski definition) is 1. The molecule has 0 aromatic rings. The Balaban J connectivity index is 2.80. The molecular formula is C11H22N2. The SMILES string of the molecule is N#CCCCCCCCCCCN. The highest BCUT2D eigenvalue weighted by molar-refractivity contribution is 4.67. The van der Waals surface area contributed by atoms with Crippen molar-refractivity contribution in [2.75, 3.05) is 6.54 Å². The molecule has 0 heterocycles. The molecule has 2 N–H and O–H groups in total. The van der Waals surface area contributed by atoms with Crippen LogP contribution in [0, 0.1) is 11.3 Å². The van der Waals surface area contributed by atoms with Crippen molar-refractivity contribution in [3.8, 4) is 6.07 Å². The molecule has 0 spiro atoms. The maximum absolute atomic E-state index is 8.30. The molecular weight excluding hydrogens is 160 g/mol. The molecule has 0 fully saturated rings. The van der Waals surface area contributed by atoms with Crippen molar-refractivity contribution >= 4 is 0 Å². The minimum atomic E-state index is 0.729. The lowest BCUT2D eigenvalue weighted by Crippen LogP contribution is -1.97. The first-order valence-electron chi connectivity index (χ1n) is 5.49. The molecule has 0 aromatic carbocycles. The topological polar surface area (TPSA) is 49.8 Å². The van der Waals surface area contributed by atoms with Gasteiger partial charge in [0, 0.05) is 6.42 Å². The van der Waals surface area contributed by atoms with Crippen LogP contribution in [0.2, 0.25) is 0 Å². The maximum atomic E-state index is 8.30. The first kappa shape index (κ1) is 12.4. The highest BCUT2D eigenvalue weighted by atomic mass is 14.5. The molecule has 0 radical (unpaired) electrons. The Bertz CT molecular complexity index is 127. The predicted octanol–water partition coefficient (Wildman–Crippen LogP) is 2.98. The van der Waals surface area contributed by atoms with Crippen LogP contribution in [-0.4, -0.2) is 6.54 Å². The summed E-state index contributed by atoms with van der Waals surface area (Å²) in [6.07, 6.45) is 10.8. The minimum Gasteiger partial charge on any atom is -0.330 e. The van der Waals surface area contributed by atoms with E-state index in [1.54, 1.807) is 0 Å². The molecule has 0 aliphatic carbocycles. The molecule has 0 aliphatic heterocycles. The van der Waals surface area contributed by atoms with Gasteiger partial charge in [-0.15, -0.1) is 0 Å². The van der Waals surface area contributed by atoms with Crippen LogP contribution in [0.4, 0.5) is 0 Å². The summed E-state index contributed by atoms with van der Waals surface area (Å²) in [4.78, 5) is 0. The third kappa shape index (κ3) is 11.5. The third-order valence-corrected chi connectivity index (χ3v) is 2.24. The number of nitrogens with two attached hydrogens (primary N) is 1. The predicted molar refractivity (Wildman–Crippen MR) is 56.2 cm³/mol. The first-order valence-corrected chi connectivity index (χ1v) is 5.49. The number of nitriles is 1. The molecule has 0 aromatic heterocycles. The Kier molecular flexibility index (Phi) is 11.0. The van der Waals surface area contributed by atoms with Crippen molar-refractivity contribution in [1.82, 2.24) is 0 Å². The first-order chi connectivity index (χ1) is 6.41. The Morgan fingerprint density at radius 2 is 1.23 bits per heavy atom. The van der Waals surface area contributed by atoms with E-state index in [0.717, 1.165) is 19.4 Å². The van der Waals surface area contributed by atoms with Crippen LogP contribution in [0.3, 0.4) is 0 Å². The number of unbranched alkanes of at least 4 members (excludes halogenated alkanes) is 8. The Morgan fingerprint density at radius 3 is 1.69 bits per heavy atom. The second-order valence-corrected chi connectivity index (χ2v) is 3.53. The summed E-state index contributed by atoms with van der Waals surface area (Å²) in [7, 11) is 0. The molecule has 76 valence electrons. The molecule has 0 rings (SSSR count). The van der Waals surface area contributed by atoms with Gasteiger partial charge in [0.25, 0.3) is 0 Å². The monoisotopic (exact) mass is 182 g/mol. The summed E-state index contributed by atoms with van der Waals surface area (Å²) >= 11 is 0. The van der Waals surface area contributed by atoms with Crippen molar-refractivity contribution < 1.29 is 0 Å². The van der Waals surface area contributed by atoms with Gasteiger partial charge in [0.2, 0.25) is 0 Å². The van der Waals surface area contributed by atoms with Gasteiger partial charge in [-0.1, -0.05) is 38.5 Å². The number of rotatable bonds is 9. The quantitative estimate of drug-likeness (QED) is 0.557. The van der Waals surface area contributed by atoms with Gasteiger partial charge in [-0.3, -0.25) is 0 Å². The van der Waals surface area contributed by atoms with Crippen molar-refractivity contribution in [3.63, 3.8) is 0 Å². The summed E-state index contributed by atoms with van der Waals surface area (Å²) in [5, 5.41) is 8.30. The lowest BCUT2D eigenvalue weighted by atomic mass is 10.1. The van der Waals surface area contributed by atoms with Crippen molar-refractivity contribution in [2.24, 2.45) is 5.73 Å². The fourth-order valence-electron chi connectivity index (χ4n) is 1.41. The zero-order valence-corrected chi connectivity index (χ0v) is 8.60. The second kappa shape index (κ2) is 11.4. The Hall–Kier alpha value is -0.550. The van der Waals surface area contributed by atoms with E-state index in [4.69, 9.17) is 11.0 Å².